The summed E-state index contributed by atoms with van der Waals surface area (Å²) in [5.74, 6) is 1.19. The Balaban J connectivity index is 1.84. The standard InChI is InChI=1S/C24H23N3O2/c1-16-5-3-4-6-20(16)22-13-12-21(17-7-10-19(28)11-8-17)27(22)15-18-9-14-23(29-2)24(25)26-18/h3-14,28H,15H2,1-2H3,(H2,25,26). The average molecular weight is 385 g/mol. The van der Waals surface area contributed by atoms with Crippen LogP contribution < -0.4 is 10.5 Å². The van der Waals surface area contributed by atoms with E-state index < -0.39 is 0 Å². The molecule has 0 aliphatic rings. The lowest BCUT2D eigenvalue weighted by Gasteiger charge is -2.16. The van der Waals surface area contributed by atoms with E-state index in [-0.39, 0.29) is 5.75 Å². The van der Waals surface area contributed by atoms with Crippen LogP contribution in [0.4, 0.5) is 5.82 Å². The molecule has 0 radical (unpaired) electrons. The quantitative estimate of drug-likeness (QED) is 0.514. The van der Waals surface area contributed by atoms with Gasteiger partial charge in [0.15, 0.2) is 11.6 Å². The molecule has 29 heavy (non-hydrogen) atoms. The van der Waals surface area contributed by atoms with Crippen LogP contribution in [-0.2, 0) is 6.54 Å². The van der Waals surface area contributed by atoms with Crippen LogP contribution in [0, 0.1) is 6.92 Å². The third-order valence-corrected chi connectivity index (χ3v) is 5.05. The largest absolute Gasteiger partial charge is 0.508 e. The van der Waals surface area contributed by atoms with Crippen LogP contribution in [0.25, 0.3) is 22.5 Å². The van der Waals surface area contributed by atoms with E-state index in [1.165, 1.54) is 11.1 Å². The van der Waals surface area contributed by atoms with Gasteiger partial charge in [-0.2, -0.15) is 0 Å². The smallest absolute Gasteiger partial charge is 0.166 e. The number of rotatable bonds is 5. The van der Waals surface area contributed by atoms with Gasteiger partial charge in [0.25, 0.3) is 0 Å². The lowest BCUT2D eigenvalue weighted by molar-refractivity contribution is 0.415. The molecule has 146 valence electrons. The molecule has 2 aromatic heterocycles. The first-order chi connectivity index (χ1) is 14.1. The molecule has 0 saturated heterocycles. The van der Waals surface area contributed by atoms with Crippen LogP contribution >= 0.6 is 0 Å². The topological polar surface area (TPSA) is 73.3 Å². The number of pyridine rings is 1. The molecule has 0 atom stereocenters. The molecule has 3 N–H and O–H groups in total. The molecule has 5 nitrogen and oxygen atoms in total. The zero-order valence-electron chi connectivity index (χ0n) is 16.5. The molecule has 0 fully saturated rings. The number of aromatic nitrogens is 2. The molecule has 4 aromatic rings. The van der Waals surface area contributed by atoms with Crippen molar-refractivity contribution in [3.8, 4) is 34.0 Å². The number of benzene rings is 2. The van der Waals surface area contributed by atoms with Crippen molar-refractivity contribution in [3.05, 3.63) is 84.1 Å². The molecule has 0 bridgehead atoms. The van der Waals surface area contributed by atoms with E-state index in [2.05, 4.69) is 40.7 Å². The van der Waals surface area contributed by atoms with E-state index in [9.17, 15) is 5.11 Å². The number of anilines is 1. The molecule has 0 spiro atoms. The Hall–Kier alpha value is -3.73. The summed E-state index contributed by atoms with van der Waals surface area (Å²) in [4.78, 5) is 4.52. The number of nitrogens with two attached hydrogens (primary N) is 1. The molecule has 2 heterocycles. The SMILES string of the molecule is COc1ccc(Cn2c(-c3ccc(O)cc3)ccc2-c2ccccc2C)nc1N. The number of phenolic OH excluding ortho intramolecular Hbond substituents is 1. The van der Waals surface area contributed by atoms with Crippen LogP contribution in [-0.4, -0.2) is 21.8 Å². The molecule has 5 heteroatoms. The number of methoxy groups -OCH3 is 1. The number of hydrogen-bond donors (Lipinski definition) is 2. The maximum atomic E-state index is 9.67. The van der Waals surface area contributed by atoms with Crippen LogP contribution in [0.3, 0.4) is 0 Å². The highest BCUT2D eigenvalue weighted by Gasteiger charge is 2.15. The summed E-state index contributed by atoms with van der Waals surface area (Å²) in [6, 6.07) is 23.5. The number of nitrogen functional groups attached to an aromatic ring is 1. The average Bonchev–Trinajstić information content (AvgIpc) is 3.12. The van der Waals surface area contributed by atoms with Gasteiger partial charge < -0.3 is 20.1 Å². The van der Waals surface area contributed by atoms with E-state index >= 15 is 0 Å². The predicted molar refractivity (Wildman–Crippen MR) is 116 cm³/mol. The minimum atomic E-state index is 0.246. The zero-order chi connectivity index (χ0) is 20.4. The molecule has 0 amide bonds. The summed E-state index contributed by atoms with van der Waals surface area (Å²) in [6.07, 6.45) is 0. The number of hydrogen-bond acceptors (Lipinski definition) is 4. The van der Waals surface area contributed by atoms with Crippen molar-refractivity contribution < 1.29 is 9.84 Å². The van der Waals surface area contributed by atoms with Crippen LogP contribution in [0.2, 0.25) is 0 Å². The molecule has 0 saturated carbocycles. The summed E-state index contributed by atoms with van der Waals surface area (Å²) in [7, 11) is 1.58. The highest BCUT2D eigenvalue weighted by atomic mass is 16.5. The number of nitrogens with zero attached hydrogens (tertiary/aromatic N) is 2. The van der Waals surface area contributed by atoms with Gasteiger partial charge in [0, 0.05) is 17.0 Å². The predicted octanol–water partition coefficient (Wildman–Crippen LogP) is 4.87. The summed E-state index contributed by atoms with van der Waals surface area (Å²) in [6.45, 7) is 2.66. The number of phenols is 1. The van der Waals surface area contributed by atoms with Crippen LogP contribution in [0.1, 0.15) is 11.3 Å². The highest BCUT2D eigenvalue weighted by Crippen LogP contribution is 2.32. The van der Waals surface area contributed by atoms with Gasteiger partial charge in [-0.05, 0) is 66.6 Å². The van der Waals surface area contributed by atoms with Crippen molar-refractivity contribution in [2.75, 3.05) is 12.8 Å². The minimum Gasteiger partial charge on any atom is -0.508 e. The second-order valence-corrected chi connectivity index (χ2v) is 6.94. The molecular weight excluding hydrogens is 362 g/mol. The molecule has 0 unspecified atom stereocenters. The van der Waals surface area contributed by atoms with Gasteiger partial charge in [-0.25, -0.2) is 4.98 Å². The van der Waals surface area contributed by atoms with Crippen molar-refractivity contribution in [3.63, 3.8) is 0 Å². The van der Waals surface area contributed by atoms with Gasteiger partial charge in [-0.15, -0.1) is 0 Å². The fraction of sp³-hybridized carbons (Fsp3) is 0.125. The first kappa shape index (κ1) is 18.6. The Kier molecular flexibility index (Phi) is 4.96. The Morgan fingerprint density at radius 3 is 2.34 bits per heavy atom. The summed E-state index contributed by atoms with van der Waals surface area (Å²) in [5, 5.41) is 9.67. The van der Waals surface area contributed by atoms with Crippen molar-refractivity contribution in [1.29, 1.82) is 0 Å². The maximum Gasteiger partial charge on any atom is 0.166 e. The lowest BCUT2D eigenvalue weighted by Crippen LogP contribution is -2.07. The Labute approximate surface area is 170 Å². The number of aromatic hydroxyl groups is 1. The minimum absolute atomic E-state index is 0.246. The van der Waals surface area contributed by atoms with Gasteiger partial charge in [0.2, 0.25) is 0 Å². The normalized spacial score (nSPS) is 10.8. The molecule has 0 aliphatic heterocycles. The monoisotopic (exact) mass is 385 g/mol. The molecule has 4 rings (SSSR count). The highest BCUT2D eigenvalue weighted by molar-refractivity contribution is 5.72. The van der Waals surface area contributed by atoms with E-state index in [1.807, 2.05) is 36.4 Å². The van der Waals surface area contributed by atoms with E-state index in [1.54, 1.807) is 19.2 Å². The first-order valence-corrected chi connectivity index (χ1v) is 9.41. The second-order valence-electron chi connectivity index (χ2n) is 6.94. The van der Waals surface area contributed by atoms with Crippen molar-refractivity contribution in [2.45, 2.75) is 13.5 Å². The zero-order valence-corrected chi connectivity index (χ0v) is 16.5. The molecule has 2 aromatic carbocycles. The third kappa shape index (κ3) is 3.67. The third-order valence-electron chi connectivity index (χ3n) is 5.05. The van der Waals surface area contributed by atoms with Crippen molar-refractivity contribution >= 4 is 5.82 Å². The fourth-order valence-corrected chi connectivity index (χ4v) is 3.54. The van der Waals surface area contributed by atoms with Gasteiger partial charge in [-0.3, -0.25) is 0 Å². The fourth-order valence-electron chi connectivity index (χ4n) is 3.54. The first-order valence-electron chi connectivity index (χ1n) is 9.41. The lowest BCUT2D eigenvalue weighted by atomic mass is 10.1. The van der Waals surface area contributed by atoms with E-state index in [0.717, 1.165) is 22.6 Å². The maximum absolute atomic E-state index is 9.67. The van der Waals surface area contributed by atoms with E-state index in [4.69, 9.17) is 10.5 Å². The van der Waals surface area contributed by atoms with Crippen LogP contribution in [0.5, 0.6) is 11.5 Å². The number of aryl methyl sites for hydroxylation is 1. The van der Waals surface area contributed by atoms with Gasteiger partial charge in [-0.1, -0.05) is 24.3 Å². The molecular formula is C24H23N3O2. The Morgan fingerprint density at radius 1 is 0.931 bits per heavy atom. The second kappa shape index (κ2) is 7.72. The van der Waals surface area contributed by atoms with Gasteiger partial charge >= 0.3 is 0 Å². The van der Waals surface area contributed by atoms with Crippen molar-refractivity contribution in [2.24, 2.45) is 0 Å². The van der Waals surface area contributed by atoms with E-state index in [0.29, 0.717) is 18.1 Å². The van der Waals surface area contributed by atoms with Gasteiger partial charge in [0.05, 0.1) is 19.3 Å². The number of ether oxygens (including phenoxy) is 1. The summed E-state index contributed by atoms with van der Waals surface area (Å²) in [5.41, 5.74) is 12.4. The van der Waals surface area contributed by atoms with Crippen LogP contribution in [0.15, 0.2) is 72.8 Å². The Morgan fingerprint density at radius 2 is 1.66 bits per heavy atom. The Bertz CT molecular complexity index is 1150. The van der Waals surface area contributed by atoms with Gasteiger partial charge in [0.1, 0.15) is 5.75 Å². The summed E-state index contributed by atoms with van der Waals surface area (Å²) >= 11 is 0. The summed E-state index contributed by atoms with van der Waals surface area (Å²) < 4.78 is 7.46. The molecule has 0 aliphatic carbocycles. The van der Waals surface area contributed by atoms with Crippen molar-refractivity contribution in [1.82, 2.24) is 9.55 Å².